The van der Waals surface area contributed by atoms with Crippen LogP contribution in [0.1, 0.15) is 55.2 Å². The monoisotopic (exact) mass is 555 g/mol. The summed E-state index contributed by atoms with van der Waals surface area (Å²) in [5, 5.41) is 44.8. The van der Waals surface area contributed by atoms with Crippen molar-refractivity contribution in [2.24, 2.45) is 17.6 Å². The number of fused-ring (bicyclic) bond motifs is 3. The number of hydrogen-bond donors (Lipinski definition) is 5. The summed E-state index contributed by atoms with van der Waals surface area (Å²) in [5.74, 6) is -8.02. The van der Waals surface area contributed by atoms with Crippen LogP contribution in [0.2, 0.25) is 0 Å². The predicted octanol–water partition coefficient (Wildman–Crippen LogP) is 1.62. The molecule has 40 heavy (non-hydrogen) atoms. The quantitative estimate of drug-likeness (QED) is 0.347. The number of aromatic hydroxyl groups is 1. The maximum atomic E-state index is 16.1. The van der Waals surface area contributed by atoms with Gasteiger partial charge in [0.15, 0.2) is 11.4 Å². The third-order valence-electron chi connectivity index (χ3n) is 9.91. The number of phenolic OH excluding ortho intramolecular Hbond substituents is 1. The minimum atomic E-state index is -2.72. The number of halogens is 1. The van der Waals surface area contributed by atoms with Crippen molar-refractivity contribution in [1.82, 2.24) is 9.80 Å². The molecule has 1 amide bonds. The number of carbonyl (C=O) groups excluding carboxylic acids is 3. The van der Waals surface area contributed by atoms with Gasteiger partial charge in [-0.25, -0.2) is 4.39 Å². The molecule has 214 valence electrons. The van der Waals surface area contributed by atoms with E-state index in [-0.39, 0.29) is 40.8 Å². The van der Waals surface area contributed by atoms with E-state index in [4.69, 9.17) is 5.73 Å². The molecule has 2 saturated carbocycles. The Hall–Kier alpha value is -3.28. The second-order valence-corrected chi connectivity index (χ2v) is 12.3. The van der Waals surface area contributed by atoms with Crippen LogP contribution >= 0.6 is 0 Å². The van der Waals surface area contributed by atoms with Gasteiger partial charge in [-0.15, -0.1) is 0 Å². The second-order valence-electron chi connectivity index (χ2n) is 12.3. The van der Waals surface area contributed by atoms with Crippen molar-refractivity contribution in [2.45, 2.75) is 68.7 Å². The Morgan fingerprint density at radius 1 is 1.18 bits per heavy atom. The van der Waals surface area contributed by atoms with Gasteiger partial charge >= 0.3 is 0 Å². The Balaban J connectivity index is 1.45. The molecule has 10 nitrogen and oxygen atoms in total. The Kier molecular flexibility index (Phi) is 5.96. The van der Waals surface area contributed by atoms with Gasteiger partial charge in [0.1, 0.15) is 28.7 Å². The minimum absolute atomic E-state index is 0.0626. The first-order chi connectivity index (χ1) is 18.8. The van der Waals surface area contributed by atoms with Crippen LogP contribution in [-0.4, -0.2) is 85.5 Å². The number of benzene rings is 1. The SMILES string of the molecule is CN(C)[C@@H]1C(=O)C(C(N)=O)=C(O)[C@@]2(O)C(=O)C3=C(O)c4c(O)cc(CN5CCCCC56CC6)c(F)c4C[C@H]3C[C@@H]12. The number of aliphatic hydroxyl groups is 3. The molecule has 1 aromatic rings. The van der Waals surface area contributed by atoms with Gasteiger partial charge in [-0.2, -0.15) is 0 Å². The molecule has 1 aliphatic heterocycles. The number of piperidine rings is 1. The number of primary amides is 1. The van der Waals surface area contributed by atoms with Crippen molar-refractivity contribution in [3.8, 4) is 5.75 Å². The molecule has 3 fully saturated rings. The molecule has 0 unspecified atom stereocenters. The van der Waals surface area contributed by atoms with Gasteiger partial charge in [-0.05, 0) is 71.1 Å². The fourth-order valence-electron chi connectivity index (χ4n) is 7.78. The van der Waals surface area contributed by atoms with Gasteiger partial charge in [0.25, 0.3) is 5.91 Å². The number of phenols is 1. The second kappa shape index (κ2) is 8.86. The fourth-order valence-corrected chi connectivity index (χ4v) is 7.78. The summed E-state index contributed by atoms with van der Waals surface area (Å²) in [6.45, 7) is 1.16. The molecule has 4 aliphatic carbocycles. The van der Waals surface area contributed by atoms with E-state index in [0.717, 1.165) is 38.6 Å². The number of carbonyl (C=O) groups is 3. The fraction of sp³-hybridized carbons (Fsp3) is 0.552. The van der Waals surface area contributed by atoms with Crippen LogP contribution in [0.25, 0.3) is 5.76 Å². The van der Waals surface area contributed by atoms with E-state index in [1.807, 2.05) is 0 Å². The Morgan fingerprint density at radius 2 is 1.88 bits per heavy atom. The third kappa shape index (κ3) is 3.53. The van der Waals surface area contributed by atoms with E-state index in [1.165, 1.54) is 25.1 Å². The molecular weight excluding hydrogens is 521 g/mol. The summed E-state index contributed by atoms with van der Waals surface area (Å²) >= 11 is 0. The standard InChI is InChI=1S/C29H34FN3O7/c1-32(2)22-16-10-13-9-15-19(17(34)11-14(21(15)30)12-33-8-4-3-5-28(33)6-7-28)23(35)18(13)25(37)29(16,40)26(38)20(24(22)36)27(31)39/h11,13,16,22,34-35,38,40H,3-10,12H2,1-2H3,(H2,31,39)/t13-,16-,22-,29-/m0/s1. The molecule has 6 N–H and O–H groups in total. The van der Waals surface area contributed by atoms with Crippen LogP contribution in [0.5, 0.6) is 5.75 Å². The molecule has 11 heteroatoms. The predicted molar refractivity (Wildman–Crippen MR) is 140 cm³/mol. The van der Waals surface area contributed by atoms with Crippen LogP contribution < -0.4 is 5.73 Å². The summed E-state index contributed by atoms with van der Waals surface area (Å²) in [6, 6.07) is 0.0980. The lowest BCUT2D eigenvalue weighted by Gasteiger charge is -2.50. The van der Waals surface area contributed by atoms with Crippen LogP contribution in [0.4, 0.5) is 4.39 Å². The van der Waals surface area contributed by atoms with E-state index >= 15 is 4.39 Å². The van der Waals surface area contributed by atoms with Crippen molar-refractivity contribution in [1.29, 1.82) is 0 Å². The molecule has 5 aliphatic rings. The normalized spacial score (nSPS) is 31.4. The number of nitrogens with zero attached hydrogens (tertiary/aromatic N) is 2. The van der Waals surface area contributed by atoms with Crippen molar-refractivity contribution >= 4 is 23.2 Å². The van der Waals surface area contributed by atoms with E-state index in [2.05, 4.69) is 4.90 Å². The summed E-state index contributed by atoms with van der Waals surface area (Å²) in [5.41, 5.74) is 1.72. The molecule has 1 spiro atoms. The zero-order valence-corrected chi connectivity index (χ0v) is 22.5. The van der Waals surface area contributed by atoms with Gasteiger partial charge in [0, 0.05) is 34.7 Å². The van der Waals surface area contributed by atoms with Gasteiger partial charge < -0.3 is 26.2 Å². The molecule has 1 aromatic carbocycles. The van der Waals surface area contributed by atoms with Crippen LogP contribution in [0.3, 0.4) is 0 Å². The molecular formula is C29H34FN3O7. The number of likely N-dealkylation sites (N-methyl/N-ethyl adjacent to an activating group) is 1. The van der Waals surface area contributed by atoms with Gasteiger partial charge in [0.05, 0.1) is 11.6 Å². The molecule has 0 radical (unpaired) electrons. The number of Topliss-reactive ketones (excluding diaryl/α,β-unsaturated/α-hetero) is 2. The highest BCUT2D eigenvalue weighted by molar-refractivity contribution is 6.24. The summed E-state index contributed by atoms with van der Waals surface area (Å²) in [4.78, 5) is 42.8. The maximum Gasteiger partial charge on any atom is 0.255 e. The highest BCUT2D eigenvalue weighted by atomic mass is 19.1. The van der Waals surface area contributed by atoms with Crippen molar-refractivity contribution in [3.63, 3.8) is 0 Å². The smallest absolute Gasteiger partial charge is 0.255 e. The number of ketones is 2. The number of nitrogens with two attached hydrogens (primary N) is 1. The van der Waals surface area contributed by atoms with Crippen molar-refractivity contribution in [2.75, 3.05) is 20.6 Å². The Bertz CT molecular complexity index is 1430. The van der Waals surface area contributed by atoms with Gasteiger partial charge in [0.2, 0.25) is 5.78 Å². The van der Waals surface area contributed by atoms with Gasteiger partial charge in [-0.1, -0.05) is 6.42 Å². The highest BCUT2D eigenvalue weighted by Gasteiger charge is 2.64. The number of amides is 1. The summed E-state index contributed by atoms with van der Waals surface area (Å²) < 4.78 is 16.1. The maximum absolute atomic E-state index is 16.1. The Labute approximate surface area is 230 Å². The Morgan fingerprint density at radius 3 is 2.50 bits per heavy atom. The average Bonchev–Trinajstić information content (AvgIpc) is 3.65. The van der Waals surface area contributed by atoms with E-state index in [0.29, 0.717) is 12.1 Å². The number of rotatable bonds is 4. The summed E-state index contributed by atoms with van der Waals surface area (Å²) in [7, 11) is 3.06. The van der Waals surface area contributed by atoms with E-state index in [9.17, 15) is 34.8 Å². The first-order valence-corrected chi connectivity index (χ1v) is 13.8. The molecule has 4 atom stereocenters. The lowest BCUT2D eigenvalue weighted by Crippen LogP contribution is -2.65. The molecule has 0 aromatic heterocycles. The average molecular weight is 556 g/mol. The van der Waals surface area contributed by atoms with Crippen LogP contribution in [0, 0.1) is 17.7 Å². The largest absolute Gasteiger partial charge is 0.508 e. The first-order valence-electron chi connectivity index (χ1n) is 13.8. The zero-order valence-electron chi connectivity index (χ0n) is 22.5. The zero-order chi connectivity index (χ0) is 28.9. The molecule has 1 heterocycles. The third-order valence-corrected chi connectivity index (χ3v) is 9.91. The van der Waals surface area contributed by atoms with E-state index < -0.39 is 63.9 Å². The topological polar surface area (TPSA) is 165 Å². The highest BCUT2D eigenvalue weighted by Crippen LogP contribution is 2.54. The van der Waals surface area contributed by atoms with Crippen LogP contribution in [-0.2, 0) is 27.3 Å². The number of likely N-dealkylation sites (tertiary alicyclic amines) is 1. The molecule has 0 bridgehead atoms. The lowest BCUT2D eigenvalue weighted by molar-refractivity contribution is -0.153. The molecule has 6 rings (SSSR count). The lowest BCUT2D eigenvalue weighted by atomic mass is 9.57. The molecule has 1 saturated heterocycles. The van der Waals surface area contributed by atoms with Gasteiger partial charge in [-0.3, -0.25) is 24.2 Å². The van der Waals surface area contributed by atoms with Crippen LogP contribution in [0.15, 0.2) is 23.0 Å². The van der Waals surface area contributed by atoms with Crippen molar-refractivity contribution < 1.29 is 39.2 Å². The summed E-state index contributed by atoms with van der Waals surface area (Å²) in [6.07, 6.45) is 5.22. The van der Waals surface area contributed by atoms with E-state index in [1.54, 1.807) is 0 Å². The van der Waals surface area contributed by atoms with Crippen molar-refractivity contribution in [3.05, 3.63) is 45.5 Å². The first kappa shape index (κ1) is 26.9. The minimum Gasteiger partial charge on any atom is -0.508 e. The number of aliphatic hydroxyl groups excluding tert-OH is 2. The number of hydrogen-bond acceptors (Lipinski definition) is 9.